The van der Waals surface area contributed by atoms with Gasteiger partial charge in [-0.25, -0.2) is 9.97 Å². The standard InChI is InChI=1S/C11H18N4O/c1-11(16-2)4-3-5-15(8-11)10-7-13-9(12)6-14-10/h6-7H,3-5,8H2,1-2H3,(H2,12,13). The van der Waals surface area contributed by atoms with Crippen LogP contribution in [0.15, 0.2) is 12.4 Å². The number of anilines is 2. The summed E-state index contributed by atoms with van der Waals surface area (Å²) in [4.78, 5) is 10.5. The Labute approximate surface area is 95.6 Å². The van der Waals surface area contributed by atoms with Crippen molar-refractivity contribution in [2.75, 3.05) is 30.8 Å². The molecule has 2 heterocycles. The van der Waals surface area contributed by atoms with Crippen molar-refractivity contribution < 1.29 is 4.74 Å². The van der Waals surface area contributed by atoms with E-state index in [-0.39, 0.29) is 5.60 Å². The summed E-state index contributed by atoms with van der Waals surface area (Å²) in [7, 11) is 1.76. The molecule has 0 radical (unpaired) electrons. The topological polar surface area (TPSA) is 64.3 Å². The van der Waals surface area contributed by atoms with E-state index in [2.05, 4.69) is 21.8 Å². The van der Waals surface area contributed by atoms with Crippen molar-refractivity contribution in [3.63, 3.8) is 0 Å². The fourth-order valence-electron chi connectivity index (χ4n) is 2.06. The van der Waals surface area contributed by atoms with Crippen molar-refractivity contribution in [3.05, 3.63) is 12.4 Å². The van der Waals surface area contributed by atoms with Crippen molar-refractivity contribution in [1.29, 1.82) is 0 Å². The quantitative estimate of drug-likeness (QED) is 0.810. The lowest BCUT2D eigenvalue weighted by atomic mass is 9.95. The summed E-state index contributed by atoms with van der Waals surface area (Å²) in [5, 5.41) is 0. The number of nitrogens with zero attached hydrogens (tertiary/aromatic N) is 3. The fraction of sp³-hybridized carbons (Fsp3) is 0.636. The van der Waals surface area contributed by atoms with E-state index in [9.17, 15) is 0 Å². The smallest absolute Gasteiger partial charge is 0.147 e. The van der Waals surface area contributed by atoms with Crippen LogP contribution >= 0.6 is 0 Å². The van der Waals surface area contributed by atoms with Crippen LogP contribution in [0.1, 0.15) is 19.8 Å². The third kappa shape index (κ3) is 2.24. The van der Waals surface area contributed by atoms with Gasteiger partial charge in [-0.05, 0) is 19.8 Å². The van der Waals surface area contributed by atoms with Crippen LogP contribution in [-0.2, 0) is 4.74 Å². The highest BCUT2D eigenvalue weighted by Gasteiger charge is 2.31. The predicted octanol–water partition coefficient (Wildman–Crippen LogP) is 1.06. The number of piperidine rings is 1. The van der Waals surface area contributed by atoms with Crippen LogP contribution < -0.4 is 10.6 Å². The molecule has 0 spiro atoms. The monoisotopic (exact) mass is 222 g/mol. The lowest BCUT2D eigenvalue weighted by Gasteiger charge is -2.39. The summed E-state index contributed by atoms with van der Waals surface area (Å²) in [6, 6.07) is 0. The average molecular weight is 222 g/mol. The first-order valence-corrected chi connectivity index (χ1v) is 5.51. The van der Waals surface area contributed by atoms with Gasteiger partial charge in [-0.3, -0.25) is 0 Å². The minimum absolute atomic E-state index is 0.0820. The van der Waals surface area contributed by atoms with Crippen LogP contribution in [0.3, 0.4) is 0 Å². The maximum Gasteiger partial charge on any atom is 0.147 e. The second-order valence-electron chi connectivity index (χ2n) is 4.48. The Bertz CT molecular complexity index is 354. The van der Waals surface area contributed by atoms with Gasteiger partial charge in [0.2, 0.25) is 0 Å². The van der Waals surface area contributed by atoms with Crippen molar-refractivity contribution in [3.8, 4) is 0 Å². The molecule has 0 aromatic carbocycles. The summed E-state index contributed by atoms with van der Waals surface area (Å²) < 4.78 is 5.54. The summed E-state index contributed by atoms with van der Waals surface area (Å²) in [6.07, 6.45) is 5.50. The molecule has 0 amide bonds. The molecule has 1 aromatic rings. The van der Waals surface area contributed by atoms with E-state index in [1.807, 2.05) is 0 Å². The third-order valence-electron chi connectivity index (χ3n) is 3.13. The van der Waals surface area contributed by atoms with E-state index in [0.717, 1.165) is 31.7 Å². The number of nitrogen functional groups attached to an aromatic ring is 1. The van der Waals surface area contributed by atoms with Gasteiger partial charge in [-0.2, -0.15) is 0 Å². The minimum Gasteiger partial charge on any atom is -0.382 e. The van der Waals surface area contributed by atoms with Crippen molar-refractivity contribution in [1.82, 2.24) is 9.97 Å². The maximum absolute atomic E-state index is 5.54. The zero-order chi connectivity index (χ0) is 11.6. The molecule has 1 aliphatic rings. The van der Waals surface area contributed by atoms with Gasteiger partial charge in [-0.15, -0.1) is 0 Å². The molecule has 1 unspecified atom stereocenters. The van der Waals surface area contributed by atoms with Gasteiger partial charge >= 0.3 is 0 Å². The normalized spacial score (nSPS) is 25.8. The molecule has 2 N–H and O–H groups in total. The largest absolute Gasteiger partial charge is 0.382 e. The van der Waals surface area contributed by atoms with E-state index in [1.165, 1.54) is 0 Å². The zero-order valence-corrected chi connectivity index (χ0v) is 9.81. The maximum atomic E-state index is 5.54. The van der Waals surface area contributed by atoms with E-state index < -0.39 is 0 Å². The molecule has 0 bridgehead atoms. The van der Waals surface area contributed by atoms with Gasteiger partial charge in [0, 0.05) is 20.2 Å². The molecule has 16 heavy (non-hydrogen) atoms. The number of rotatable bonds is 2. The molecule has 5 heteroatoms. The second kappa shape index (κ2) is 4.25. The number of nitrogens with two attached hydrogens (primary N) is 1. The highest BCUT2D eigenvalue weighted by atomic mass is 16.5. The molecule has 5 nitrogen and oxygen atoms in total. The summed E-state index contributed by atoms with van der Waals surface area (Å²) in [5.41, 5.74) is 5.44. The van der Waals surface area contributed by atoms with Crippen LogP contribution in [0, 0.1) is 0 Å². The Morgan fingerprint density at radius 3 is 2.88 bits per heavy atom. The molecule has 88 valence electrons. The SMILES string of the molecule is COC1(C)CCCN(c2cnc(N)cn2)C1. The van der Waals surface area contributed by atoms with E-state index >= 15 is 0 Å². The molecule has 0 saturated carbocycles. The lowest BCUT2D eigenvalue weighted by Crippen LogP contribution is -2.47. The average Bonchev–Trinajstić information content (AvgIpc) is 2.30. The van der Waals surface area contributed by atoms with Crippen LogP contribution in [-0.4, -0.2) is 35.8 Å². The molecule has 1 aromatic heterocycles. The Kier molecular flexibility index (Phi) is 2.96. The highest BCUT2D eigenvalue weighted by Crippen LogP contribution is 2.26. The Morgan fingerprint density at radius 2 is 2.25 bits per heavy atom. The van der Waals surface area contributed by atoms with Crippen LogP contribution in [0.5, 0.6) is 0 Å². The third-order valence-corrected chi connectivity index (χ3v) is 3.13. The molecule has 0 aliphatic carbocycles. The van der Waals surface area contributed by atoms with Gasteiger partial charge in [-0.1, -0.05) is 0 Å². The molecule has 1 aliphatic heterocycles. The van der Waals surface area contributed by atoms with Gasteiger partial charge < -0.3 is 15.4 Å². The summed E-state index contributed by atoms with van der Waals surface area (Å²) >= 11 is 0. The minimum atomic E-state index is -0.0820. The Hall–Kier alpha value is -1.36. The second-order valence-corrected chi connectivity index (χ2v) is 4.48. The van der Waals surface area contributed by atoms with E-state index in [0.29, 0.717) is 5.82 Å². The molecule has 1 saturated heterocycles. The number of hydrogen-bond donors (Lipinski definition) is 1. The first-order valence-electron chi connectivity index (χ1n) is 5.51. The van der Waals surface area contributed by atoms with Crippen LogP contribution in [0.4, 0.5) is 11.6 Å². The predicted molar refractivity (Wildman–Crippen MR) is 63.3 cm³/mol. The Morgan fingerprint density at radius 1 is 1.44 bits per heavy atom. The number of methoxy groups -OCH3 is 1. The lowest BCUT2D eigenvalue weighted by molar-refractivity contribution is -0.00482. The number of ether oxygens (including phenoxy) is 1. The van der Waals surface area contributed by atoms with Crippen molar-refractivity contribution >= 4 is 11.6 Å². The van der Waals surface area contributed by atoms with E-state index in [1.54, 1.807) is 19.5 Å². The molecule has 1 fully saturated rings. The highest BCUT2D eigenvalue weighted by molar-refractivity contribution is 5.40. The number of aromatic nitrogens is 2. The molecular weight excluding hydrogens is 204 g/mol. The van der Waals surface area contributed by atoms with Crippen LogP contribution in [0.2, 0.25) is 0 Å². The van der Waals surface area contributed by atoms with Gasteiger partial charge in [0.05, 0.1) is 18.0 Å². The van der Waals surface area contributed by atoms with Gasteiger partial charge in [0.25, 0.3) is 0 Å². The van der Waals surface area contributed by atoms with Crippen molar-refractivity contribution in [2.24, 2.45) is 0 Å². The Balaban J connectivity index is 2.12. The molecular formula is C11H18N4O. The van der Waals surface area contributed by atoms with Crippen LogP contribution in [0.25, 0.3) is 0 Å². The molecule has 1 atom stereocenters. The van der Waals surface area contributed by atoms with Crippen molar-refractivity contribution in [2.45, 2.75) is 25.4 Å². The zero-order valence-electron chi connectivity index (χ0n) is 9.81. The van der Waals surface area contributed by atoms with Gasteiger partial charge in [0.1, 0.15) is 11.6 Å². The summed E-state index contributed by atoms with van der Waals surface area (Å²) in [6.45, 7) is 3.98. The first kappa shape index (κ1) is 11.1. The fourth-order valence-corrected chi connectivity index (χ4v) is 2.06. The first-order chi connectivity index (χ1) is 7.63. The number of hydrogen-bond acceptors (Lipinski definition) is 5. The van der Waals surface area contributed by atoms with Gasteiger partial charge in [0.15, 0.2) is 0 Å². The summed E-state index contributed by atoms with van der Waals surface area (Å²) in [5.74, 6) is 1.33. The van der Waals surface area contributed by atoms with E-state index in [4.69, 9.17) is 10.5 Å². The molecule has 2 rings (SSSR count).